The van der Waals surface area contributed by atoms with E-state index in [1.807, 2.05) is 32.0 Å². The number of rotatable bonds is 8. The van der Waals surface area contributed by atoms with Crippen molar-refractivity contribution in [2.24, 2.45) is 0 Å². The van der Waals surface area contributed by atoms with Crippen molar-refractivity contribution in [1.82, 2.24) is 19.8 Å². The number of benzene rings is 3. The fraction of sp³-hybridized carbons (Fsp3) is 0.364. The molecule has 11 heteroatoms. The summed E-state index contributed by atoms with van der Waals surface area (Å²) < 4.78 is 37.0. The van der Waals surface area contributed by atoms with Gasteiger partial charge in [-0.25, -0.2) is 4.98 Å². The highest BCUT2D eigenvalue weighted by Crippen LogP contribution is 2.22. The lowest BCUT2D eigenvalue weighted by atomic mass is 10.1. The van der Waals surface area contributed by atoms with Crippen molar-refractivity contribution >= 4 is 26.9 Å². The fourth-order valence-corrected chi connectivity index (χ4v) is 5.53. The normalized spacial score (nSPS) is 15.3. The molecule has 10 nitrogen and oxygen atoms in total. The van der Waals surface area contributed by atoms with E-state index in [1.54, 1.807) is 30.3 Å². The Bertz CT molecular complexity index is 1790. The fourth-order valence-electron chi connectivity index (χ4n) is 5.05. The number of piperidine rings is 1. The number of nitrogens with one attached hydrogen (secondary N) is 1. The third-order valence-corrected chi connectivity index (χ3v) is 8.68. The van der Waals surface area contributed by atoms with E-state index in [4.69, 9.17) is 9.29 Å². The molecule has 232 valence electrons. The van der Waals surface area contributed by atoms with Crippen molar-refractivity contribution in [2.75, 3.05) is 26.2 Å². The monoisotopic (exact) mass is 618 g/mol. The van der Waals surface area contributed by atoms with Gasteiger partial charge in [0.15, 0.2) is 0 Å². The number of carbonyl (C=O) groups is 1. The summed E-state index contributed by atoms with van der Waals surface area (Å²) in [7, 11) is -4.02. The summed E-state index contributed by atoms with van der Waals surface area (Å²) in [5, 5.41) is 3.50. The number of aromatic nitrogens is 2. The Labute approximate surface area is 257 Å². The van der Waals surface area contributed by atoms with Gasteiger partial charge in [0, 0.05) is 18.2 Å². The molecule has 0 bridgehead atoms. The number of nitrogens with zero attached hydrogens (tertiary/aromatic N) is 3. The van der Waals surface area contributed by atoms with Gasteiger partial charge in [0.05, 0.1) is 21.5 Å². The van der Waals surface area contributed by atoms with Gasteiger partial charge in [0.2, 0.25) is 0 Å². The molecular weight excluding hydrogens is 580 g/mol. The third-order valence-electron chi connectivity index (χ3n) is 7.82. The van der Waals surface area contributed by atoms with Crippen LogP contribution in [0.4, 0.5) is 0 Å². The maximum absolute atomic E-state index is 13.4. The maximum Gasteiger partial charge on any atom is 0.294 e. The van der Waals surface area contributed by atoms with Crippen molar-refractivity contribution in [3.05, 3.63) is 94.0 Å². The molecular formula is C33H38N4O6S. The number of carbonyl (C=O) groups excluding carboxylic acids is 1. The van der Waals surface area contributed by atoms with Crippen LogP contribution in [0.2, 0.25) is 0 Å². The number of aryl methyl sites for hydroxylation is 2. The molecule has 1 saturated carbocycles. The Morgan fingerprint density at radius 2 is 1.73 bits per heavy atom. The number of ether oxygens (including phenoxy) is 1. The van der Waals surface area contributed by atoms with Crippen LogP contribution in [-0.2, 0) is 10.1 Å². The van der Waals surface area contributed by atoms with Crippen molar-refractivity contribution in [1.29, 1.82) is 0 Å². The zero-order chi connectivity index (χ0) is 31.3. The van der Waals surface area contributed by atoms with Crippen molar-refractivity contribution < 1.29 is 22.5 Å². The first kappa shape index (κ1) is 31.4. The Balaban J connectivity index is 0.000000296. The number of hydrogen-bond acceptors (Lipinski definition) is 7. The highest BCUT2D eigenvalue weighted by molar-refractivity contribution is 7.85. The highest BCUT2D eigenvalue weighted by atomic mass is 32.2. The summed E-state index contributed by atoms with van der Waals surface area (Å²) in [6.07, 6.45) is 7.41. The van der Waals surface area contributed by atoms with Crippen molar-refractivity contribution in [2.45, 2.75) is 56.9 Å². The van der Waals surface area contributed by atoms with Gasteiger partial charge in [-0.2, -0.15) is 8.42 Å². The molecule has 1 aliphatic carbocycles. The predicted octanol–water partition coefficient (Wildman–Crippen LogP) is 4.69. The van der Waals surface area contributed by atoms with Crippen LogP contribution >= 0.6 is 0 Å². The van der Waals surface area contributed by atoms with Crippen LogP contribution in [0.15, 0.2) is 76.7 Å². The second-order valence-corrected chi connectivity index (χ2v) is 12.8. The van der Waals surface area contributed by atoms with Gasteiger partial charge < -0.3 is 10.1 Å². The van der Waals surface area contributed by atoms with Crippen LogP contribution < -0.4 is 15.6 Å². The standard InChI is InChI=1S/C26H30N4O3.C7H8O3S/c1-18-5-6-19(25(31)28-20-7-8-20)15-24(18)30-17-27-23-10-9-21(16-22(23)26(30)32)33-14-13-29-11-3-2-4-12-29;1-6-2-4-7(5-3-6)11(8,9)10/h5-6,9-10,15-17,20H,2-4,7-8,11-14H2,1H3,(H,28,31);2-5H,1H3,(H,8,9,10). The van der Waals surface area contributed by atoms with E-state index in [0.717, 1.165) is 43.6 Å². The molecule has 0 spiro atoms. The van der Waals surface area contributed by atoms with Crippen LogP contribution in [0.3, 0.4) is 0 Å². The lowest BCUT2D eigenvalue weighted by Gasteiger charge is -2.26. The SMILES string of the molecule is Cc1ccc(C(=O)NC2CC2)cc1-n1cnc2ccc(OCCN3CCCCC3)cc2c1=O.Cc1ccc(S(=O)(=O)O)cc1. The first-order valence-corrected chi connectivity index (χ1v) is 16.3. The van der Waals surface area contributed by atoms with Gasteiger partial charge in [-0.1, -0.05) is 30.2 Å². The zero-order valence-electron chi connectivity index (χ0n) is 25.0. The molecule has 0 unspecified atom stereocenters. The topological polar surface area (TPSA) is 131 Å². The highest BCUT2D eigenvalue weighted by Gasteiger charge is 2.24. The molecule has 2 fully saturated rings. The molecule has 44 heavy (non-hydrogen) atoms. The summed E-state index contributed by atoms with van der Waals surface area (Å²) in [4.78, 5) is 32.7. The smallest absolute Gasteiger partial charge is 0.294 e. The van der Waals surface area contributed by atoms with Gasteiger partial charge in [0.1, 0.15) is 18.7 Å². The van der Waals surface area contributed by atoms with Crippen LogP contribution in [-0.4, -0.2) is 65.6 Å². The molecule has 4 aromatic rings. The molecule has 6 rings (SSSR count). The van der Waals surface area contributed by atoms with Crippen LogP contribution in [0.1, 0.15) is 53.6 Å². The largest absolute Gasteiger partial charge is 0.492 e. The van der Waals surface area contributed by atoms with Crippen molar-refractivity contribution in [3.63, 3.8) is 0 Å². The maximum atomic E-state index is 13.4. The second-order valence-electron chi connectivity index (χ2n) is 11.4. The summed E-state index contributed by atoms with van der Waals surface area (Å²) in [6, 6.07) is 17.2. The van der Waals surface area contributed by atoms with E-state index < -0.39 is 10.1 Å². The van der Waals surface area contributed by atoms with Crippen LogP contribution in [0.25, 0.3) is 16.6 Å². The molecule has 2 heterocycles. The van der Waals surface area contributed by atoms with Gasteiger partial charge in [-0.15, -0.1) is 0 Å². The molecule has 0 atom stereocenters. The molecule has 1 saturated heterocycles. The summed E-state index contributed by atoms with van der Waals surface area (Å²) in [6.45, 7) is 7.52. The Morgan fingerprint density at radius 1 is 1.00 bits per heavy atom. The van der Waals surface area contributed by atoms with Gasteiger partial charge in [-0.05, 0) is 101 Å². The lowest BCUT2D eigenvalue weighted by Crippen LogP contribution is -2.33. The first-order chi connectivity index (χ1) is 21.1. The van der Waals surface area contributed by atoms with E-state index >= 15 is 0 Å². The van der Waals surface area contributed by atoms with E-state index in [-0.39, 0.29) is 22.4 Å². The predicted molar refractivity (Wildman–Crippen MR) is 169 cm³/mol. The minimum atomic E-state index is -4.02. The Hall–Kier alpha value is -4.06. The Kier molecular flexibility index (Phi) is 9.77. The van der Waals surface area contributed by atoms with E-state index in [0.29, 0.717) is 34.5 Å². The number of fused-ring (bicyclic) bond motifs is 1. The second kappa shape index (κ2) is 13.7. The lowest BCUT2D eigenvalue weighted by molar-refractivity contribution is 0.0951. The van der Waals surface area contributed by atoms with E-state index in [1.165, 1.54) is 42.3 Å². The molecule has 0 radical (unpaired) electrons. The summed E-state index contributed by atoms with van der Waals surface area (Å²) >= 11 is 0. The molecule has 1 amide bonds. The number of amides is 1. The molecule has 2 aliphatic rings. The average Bonchev–Trinajstić information content (AvgIpc) is 3.83. The van der Waals surface area contributed by atoms with Gasteiger partial charge >= 0.3 is 0 Å². The first-order valence-electron chi connectivity index (χ1n) is 14.9. The summed E-state index contributed by atoms with van der Waals surface area (Å²) in [5.41, 5.74) is 3.51. The quantitative estimate of drug-likeness (QED) is 0.272. The number of likely N-dealkylation sites (tertiary alicyclic amines) is 1. The zero-order valence-corrected chi connectivity index (χ0v) is 25.8. The molecule has 1 aliphatic heterocycles. The van der Waals surface area contributed by atoms with Gasteiger partial charge in [0.25, 0.3) is 21.6 Å². The number of hydrogen-bond donors (Lipinski definition) is 2. The van der Waals surface area contributed by atoms with Crippen LogP contribution in [0, 0.1) is 13.8 Å². The molecule has 1 aromatic heterocycles. The van der Waals surface area contributed by atoms with Crippen molar-refractivity contribution in [3.8, 4) is 11.4 Å². The van der Waals surface area contributed by atoms with Crippen LogP contribution in [0.5, 0.6) is 5.75 Å². The van der Waals surface area contributed by atoms with E-state index in [9.17, 15) is 18.0 Å². The third kappa shape index (κ3) is 8.10. The minimum absolute atomic E-state index is 0.0666. The van der Waals surface area contributed by atoms with E-state index in [2.05, 4.69) is 15.2 Å². The summed E-state index contributed by atoms with van der Waals surface area (Å²) in [5.74, 6) is 0.565. The molecule has 2 N–H and O–H groups in total. The average molecular weight is 619 g/mol. The van der Waals surface area contributed by atoms with Gasteiger partial charge in [-0.3, -0.25) is 23.6 Å². The Morgan fingerprint density at radius 3 is 2.41 bits per heavy atom. The molecule has 3 aromatic carbocycles. The minimum Gasteiger partial charge on any atom is -0.492 e.